The van der Waals surface area contributed by atoms with Gasteiger partial charge in [-0.1, -0.05) is 19.3 Å². The molecular weight excluding hydrogens is 236 g/mol. The zero-order valence-electron chi connectivity index (χ0n) is 12.8. The predicted molar refractivity (Wildman–Crippen MR) is 79.1 cm³/mol. The summed E-state index contributed by atoms with van der Waals surface area (Å²) in [6, 6.07) is 0. The number of likely N-dealkylation sites (tertiary alicyclic amines) is 1. The summed E-state index contributed by atoms with van der Waals surface area (Å²) in [5.41, 5.74) is 0.646. The van der Waals surface area contributed by atoms with E-state index in [1.807, 2.05) is 4.90 Å². The first-order chi connectivity index (χ1) is 9.19. The number of rotatable bonds is 4. The quantitative estimate of drug-likeness (QED) is 0.781. The summed E-state index contributed by atoms with van der Waals surface area (Å²) in [6.45, 7) is 8.71. The summed E-state index contributed by atoms with van der Waals surface area (Å²) in [5.74, 6) is 0.310. The number of carbonyl (C=O) groups excluding carboxylic acids is 1. The van der Waals surface area contributed by atoms with Crippen molar-refractivity contribution < 1.29 is 4.79 Å². The fourth-order valence-electron chi connectivity index (χ4n) is 3.85. The van der Waals surface area contributed by atoms with E-state index in [1.54, 1.807) is 0 Å². The molecule has 0 bridgehead atoms. The van der Waals surface area contributed by atoms with Gasteiger partial charge in [0.05, 0.1) is 6.54 Å². The smallest absolute Gasteiger partial charge is 0.236 e. The molecule has 2 aliphatic rings. The van der Waals surface area contributed by atoms with Crippen LogP contribution in [0.5, 0.6) is 0 Å². The van der Waals surface area contributed by atoms with Crippen LogP contribution in [-0.2, 0) is 4.79 Å². The highest BCUT2D eigenvalue weighted by Crippen LogP contribution is 2.44. The van der Waals surface area contributed by atoms with Crippen molar-refractivity contribution in [1.82, 2.24) is 9.80 Å². The SMILES string of the molecule is CCN(CC)C(=O)CN1CCC2(CCCCC2)CC1. The van der Waals surface area contributed by atoms with Crippen molar-refractivity contribution in [2.24, 2.45) is 5.41 Å². The minimum Gasteiger partial charge on any atom is -0.342 e. The average molecular weight is 266 g/mol. The van der Waals surface area contributed by atoms with Crippen molar-refractivity contribution in [1.29, 1.82) is 0 Å². The van der Waals surface area contributed by atoms with Gasteiger partial charge in [0.15, 0.2) is 0 Å². The van der Waals surface area contributed by atoms with E-state index in [9.17, 15) is 4.79 Å². The Morgan fingerprint density at radius 1 is 1.00 bits per heavy atom. The van der Waals surface area contributed by atoms with Crippen LogP contribution in [-0.4, -0.2) is 48.4 Å². The summed E-state index contributed by atoms with van der Waals surface area (Å²) in [6.07, 6.45) is 9.80. The van der Waals surface area contributed by atoms with Gasteiger partial charge in [0.2, 0.25) is 5.91 Å². The molecule has 2 fully saturated rings. The molecule has 1 saturated heterocycles. The van der Waals surface area contributed by atoms with Crippen molar-refractivity contribution in [3.8, 4) is 0 Å². The maximum Gasteiger partial charge on any atom is 0.236 e. The number of nitrogens with zero attached hydrogens (tertiary/aromatic N) is 2. The third kappa shape index (κ3) is 3.71. The van der Waals surface area contributed by atoms with Crippen molar-refractivity contribution in [2.75, 3.05) is 32.7 Å². The summed E-state index contributed by atoms with van der Waals surface area (Å²) in [4.78, 5) is 16.5. The van der Waals surface area contributed by atoms with E-state index >= 15 is 0 Å². The van der Waals surface area contributed by atoms with Gasteiger partial charge in [-0.2, -0.15) is 0 Å². The molecule has 0 aromatic carbocycles. The lowest BCUT2D eigenvalue weighted by Gasteiger charge is -2.44. The topological polar surface area (TPSA) is 23.6 Å². The van der Waals surface area contributed by atoms with Crippen LogP contribution >= 0.6 is 0 Å². The van der Waals surface area contributed by atoms with Crippen LogP contribution in [0.4, 0.5) is 0 Å². The molecule has 1 amide bonds. The first-order valence-corrected chi connectivity index (χ1v) is 8.19. The van der Waals surface area contributed by atoms with Crippen LogP contribution in [0.3, 0.4) is 0 Å². The van der Waals surface area contributed by atoms with Crippen LogP contribution in [0.15, 0.2) is 0 Å². The van der Waals surface area contributed by atoms with Gasteiger partial charge in [0.25, 0.3) is 0 Å². The van der Waals surface area contributed by atoms with E-state index in [2.05, 4.69) is 18.7 Å². The third-order valence-corrected chi connectivity index (χ3v) is 5.31. The number of hydrogen-bond acceptors (Lipinski definition) is 2. The average Bonchev–Trinajstić information content (AvgIpc) is 2.44. The Hall–Kier alpha value is -0.570. The highest BCUT2D eigenvalue weighted by Gasteiger charge is 2.35. The number of likely N-dealkylation sites (N-methyl/N-ethyl adjacent to an activating group) is 1. The molecule has 1 saturated carbocycles. The van der Waals surface area contributed by atoms with Crippen LogP contribution in [0, 0.1) is 5.41 Å². The monoisotopic (exact) mass is 266 g/mol. The van der Waals surface area contributed by atoms with Crippen molar-refractivity contribution in [3.63, 3.8) is 0 Å². The fraction of sp³-hybridized carbons (Fsp3) is 0.938. The maximum atomic E-state index is 12.1. The van der Waals surface area contributed by atoms with E-state index in [1.165, 1.54) is 44.9 Å². The first kappa shape index (κ1) is 14.8. The lowest BCUT2D eigenvalue weighted by Crippen LogP contribution is -2.46. The molecule has 1 heterocycles. The van der Waals surface area contributed by atoms with Gasteiger partial charge in [-0.25, -0.2) is 0 Å². The second-order valence-electron chi connectivity index (χ2n) is 6.40. The Morgan fingerprint density at radius 2 is 1.58 bits per heavy atom. The molecular formula is C16H30N2O. The molecule has 3 heteroatoms. The summed E-state index contributed by atoms with van der Waals surface area (Å²) in [7, 11) is 0. The molecule has 19 heavy (non-hydrogen) atoms. The maximum absolute atomic E-state index is 12.1. The molecule has 2 rings (SSSR count). The second kappa shape index (κ2) is 6.74. The largest absolute Gasteiger partial charge is 0.342 e. The van der Waals surface area contributed by atoms with Crippen molar-refractivity contribution in [3.05, 3.63) is 0 Å². The van der Waals surface area contributed by atoms with E-state index in [4.69, 9.17) is 0 Å². The molecule has 0 aromatic heterocycles. The van der Waals surface area contributed by atoms with Gasteiger partial charge >= 0.3 is 0 Å². The predicted octanol–water partition coefficient (Wildman–Crippen LogP) is 2.90. The molecule has 3 nitrogen and oxygen atoms in total. The fourth-order valence-corrected chi connectivity index (χ4v) is 3.85. The van der Waals surface area contributed by atoms with E-state index in [0.717, 1.165) is 26.2 Å². The minimum atomic E-state index is 0.310. The number of hydrogen-bond donors (Lipinski definition) is 0. The molecule has 110 valence electrons. The number of piperidine rings is 1. The van der Waals surface area contributed by atoms with Gasteiger partial charge in [0.1, 0.15) is 0 Å². The first-order valence-electron chi connectivity index (χ1n) is 8.19. The van der Waals surface area contributed by atoms with Gasteiger partial charge in [-0.05, 0) is 58.0 Å². The molecule has 0 aromatic rings. The zero-order chi connectivity index (χ0) is 13.7. The van der Waals surface area contributed by atoms with Crippen molar-refractivity contribution in [2.45, 2.75) is 58.8 Å². The Balaban J connectivity index is 1.78. The van der Waals surface area contributed by atoms with Crippen LogP contribution in [0.2, 0.25) is 0 Å². The van der Waals surface area contributed by atoms with Crippen LogP contribution < -0.4 is 0 Å². The molecule has 1 spiro atoms. The van der Waals surface area contributed by atoms with Gasteiger partial charge < -0.3 is 4.90 Å². The molecule has 0 atom stereocenters. The molecule has 1 aliphatic carbocycles. The lowest BCUT2D eigenvalue weighted by atomic mass is 9.68. The van der Waals surface area contributed by atoms with Gasteiger partial charge in [-0.3, -0.25) is 9.69 Å². The molecule has 0 N–H and O–H groups in total. The van der Waals surface area contributed by atoms with Crippen LogP contribution in [0.25, 0.3) is 0 Å². The molecule has 0 unspecified atom stereocenters. The minimum absolute atomic E-state index is 0.310. The molecule has 1 aliphatic heterocycles. The van der Waals surface area contributed by atoms with Gasteiger partial charge in [-0.15, -0.1) is 0 Å². The molecule has 0 radical (unpaired) electrons. The Bertz CT molecular complexity index is 283. The Morgan fingerprint density at radius 3 is 2.11 bits per heavy atom. The van der Waals surface area contributed by atoms with Crippen LogP contribution in [0.1, 0.15) is 58.8 Å². The summed E-state index contributed by atoms with van der Waals surface area (Å²) < 4.78 is 0. The standard InChI is InChI=1S/C16H30N2O/c1-3-18(4-2)15(19)14-17-12-10-16(11-13-17)8-6-5-7-9-16/h3-14H2,1-2H3. The highest BCUT2D eigenvalue weighted by atomic mass is 16.2. The number of amides is 1. The van der Waals surface area contributed by atoms with Gasteiger partial charge in [0, 0.05) is 13.1 Å². The highest BCUT2D eigenvalue weighted by molar-refractivity contribution is 5.78. The summed E-state index contributed by atoms with van der Waals surface area (Å²) in [5, 5.41) is 0. The number of carbonyl (C=O) groups is 1. The normalized spacial score (nSPS) is 23.5. The van der Waals surface area contributed by atoms with Crippen molar-refractivity contribution >= 4 is 5.91 Å². The van der Waals surface area contributed by atoms with E-state index < -0.39 is 0 Å². The van der Waals surface area contributed by atoms with E-state index in [-0.39, 0.29) is 0 Å². The lowest BCUT2D eigenvalue weighted by molar-refractivity contribution is -0.132. The third-order valence-electron chi connectivity index (χ3n) is 5.31. The Labute approximate surface area is 118 Å². The summed E-state index contributed by atoms with van der Waals surface area (Å²) >= 11 is 0. The van der Waals surface area contributed by atoms with E-state index in [0.29, 0.717) is 17.9 Å². The zero-order valence-corrected chi connectivity index (χ0v) is 12.8. The Kier molecular flexibility index (Phi) is 5.26. The second-order valence-corrected chi connectivity index (χ2v) is 6.40.